The van der Waals surface area contributed by atoms with Crippen molar-refractivity contribution < 1.29 is 8.42 Å². The Kier molecular flexibility index (Phi) is 5.38. The summed E-state index contributed by atoms with van der Waals surface area (Å²) in [5, 5.41) is 7.42. The van der Waals surface area contributed by atoms with E-state index in [1.54, 1.807) is 18.3 Å². The van der Waals surface area contributed by atoms with Crippen LogP contribution in [0, 0.1) is 0 Å². The van der Waals surface area contributed by atoms with Gasteiger partial charge in [-0.3, -0.25) is 4.68 Å². The maximum atomic E-state index is 11.9. The lowest BCUT2D eigenvalue weighted by atomic mass is 10.3. The summed E-state index contributed by atoms with van der Waals surface area (Å²) in [5.74, 6) is 0.198. The lowest BCUT2D eigenvalue weighted by Crippen LogP contribution is -2.08. The first-order chi connectivity index (χ1) is 10.1. The van der Waals surface area contributed by atoms with Crippen LogP contribution in [0.1, 0.15) is 19.8 Å². The number of anilines is 1. The van der Waals surface area contributed by atoms with Crippen molar-refractivity contribution in [2.45, 2.75) is 31.2 Å². The molecule has 0 saturated heterocycles. The van der Waals surface area contributed by atoms with E-state index in [2.05, 4.69) is 10.4 Å². The highest BCUT2D eigenvalue weighted by atomic mass is 32.2. The van der Waals surface area contributed by atoms with Crippen LogP contribution < -0.4 is 5.32 Å². The van der Waals surface area contributed by atoms with Crippen LogP contribution >= 0.6 is 0 Å². The van der Waals surface area contributed by atoms with Gasteiger partial charge in [0, 0.05) is 31.2 Å². The van der Waals surface area contributed by atoms with E-state index in [-0.39, 0.29) is 5.75 Å². The van der Waals surface area contributed by atoms with Crippen molar-refractivity contribution in [1.82, 2.24) is 9.78 Å². The van der Waals surface area contributed by atoms with E-state index >= 15 is 0 Å². The summed E-state index contributed by atoms with van der Waals surface area (Å²) < 4.78 is 25.7. The Morgan fingerprint density at radius 3 is 2.62 bits per heavy atom. The van der Waals surface area contributed by atoms with Crippen molar-refractivity contribution in [2.24, 2.45) is 0 Å². The molecule has 0 saturated carbocycles. The number of hydrogen-bond acceptors (Lipinski definition) is 4. The van der Waals surface area contributed by atoms with Crippen LogP contribution in [0.4, 0.5) is 5.69 Å². The zero-order chi connectivity index (χ0) is 15.1. The summed E-state index contributed by atoms with van der Waals surface area (Å²) >= 11 is 0. The van der Waals surface area contributed by atoms with E-state index in [0.29, 0.717) is 11.3 Å². The Hall–Kier alpha value is -1.82. The Labute approximate surface area is 125 Å². The predicted molar refractivity (Wildman–Crippen MR) is 84.1 cm³/mol. The molecule has 0 unspecified atom stereocenters. The Bertz CT molecular complexity index is 634. The van der Waals surface area contributed by atoms with Gasteiger partial charge in [-0.2, -0.15) is 5.10 Å². The average Bonchev–Trinajstić information content (AvgIpc) is 2.97. The monoisotopic (exact) mass is 307 g/mol. The van der Waals surface area contributed by atoms with Crippen molar-refractivity contribution in [3.63, 3.8) is 0 Å². The number of hydrogen-bond donors (Lipinski definition) is 1. The number of sulfone groups is 1. The number of benzene rings is 1. The summed E-state index contributed by atoms with van der Waals surface area (Å²) in [7, 11) is -3.12. The largest absolute Gasteiger partial charge is 0.385 e. The van der Waals surface area contributed by atoms with Crippen LogP contribution in [0.25, 0.3) is 0 Å². The van der Waals surface area contributed by atoms with Crippen LogP contribution in [0.15, 0.2) is 47.6 Å². The van der Waals surface area contributed by atoms with Gasteiger partial charge < -0.3 is 5.32 Å². The van der Waals surface area contributed by atoms with Crippen molar-refractivity contribution in [1.29, 1.82) is 0 Å². The summed E-state index contributed by atoms with van der Waals surface area (Å²) in [6, 6.07) is 8.87. The molecular weight excluding hydrogens is 286 g/mol. The fourth-order valence-corrected chi connectivity index (χ4v) is 3.40. The molecule has 0 radical (unpaired) electrons. The standard InChI is InChI=1S/C15H21N3O2S/c1-2-13-21(19,20)15-7-5-14(6-8-15)16-9-3-11-18-12-4-10-17-18/h4-8,10,12,16H,2-3,9,11,13H2,1H3. The van der Waals surface area contributed by atoms with E-state index in [4.69, 9.17) is 0 Å². The zero-order valence-corrected chi connectivity index (χ0v) is 13.0. The molecule has 0 spiro atoms. The van der Waals surface area contributed by atoms with E-state index in [1.165, 1.54) is 0 Å². The molecule has 1 heterocycles. The number of rotatable bonds is 8. The van der Waals surface area contributed by atoms with Crippen molar-refractivity contribution in [3.8, 4) is 0 Å². The van der Waals surface area contributed by atoms with E-state index in [1.807, 2.05) is 36.0 Å². The number of nitrogens with zero attached hydrogens (tertiary/aromatic N) is 2. The maximum Gasteiger partial charge on any atom is 0.178 e. The summed E-state index contributed by atoms with van der Waals surface area (Å²) in [5.41, 5.74) is 0.936. The summed E-state index contributed by atoms with van der Waals surface area (Å²) in [6.45, 7) is 3.55. The quantitative estimate of drug-likeness (QED) is 0.761. The molecule has 0 fully saturated rings. The van der Waals surface area contributed by atoms with Gasteiger partial charge >= 0.3 is 0 Å². The molecule has 0 aliphatic heterocycles. The van der Waals surface area contributed by atoms with Crippen LogP contribution in [0.2, 0.25) is 0 Å². The molecule has 1 N–H and O–H groups in total. The van der Waals surface area contributed by atoms with E-state index < -0.39 is 9.84 Å². The molecule has 1 aromatic heterocycles. The van der Waals surface area contributed by atoms with Crippen LogP contribution in [0.5, 0.6) is 0 Å². The fraction of sp³-hybridized carbons (Fsp3) is 0.400. The smallest absolute Gasteiger partial charge is 0.178 e. The first-order valence-electron chi connectivity index (χ1n) is 7.16. The van der Waals surface area contributed by atoms with Gasteiger partial charge in [-0.05, 0) is 43.2 Å². The third-order valence-electron chi connectivity index (χ3n) is 3.14. The molecule has 0 amide bonds. The van der Waals surface area contributed by atoms with Crippen LogP contribution in [-0.4, -0.2) is 30.5 Å². The molecule has 6 heteroatoms. The Balaban J connectivity index is 1.82. The maximum absolute atomic E-state index is 11.9. The molecule has 0 atom stereocenters. The SMILES string of the molecule is CCCS(=O)(=O)c1ccc(NCCCn2cccn2)cc1. The van der Waals surface area contributed by atoms with E-state index in [0.717, 1.165) is 25.2 Å². The first kappa shape index (κ1) is 15.6. The van der Waals surface area contributed by atoms with Gasteiger partial charge in [0.2, 0.25) is 0 Å². The Morgan fingerprint density at radius 1 is 1.24 bits per heavy atom. The van der Waals surface area contributed by atoms with Gasteiger partial charge in [-0.1, -0.05) is 6.92 Å². The predicted octanol–water partition coefficient (Wildman–Crippen LogP) is 2.57. The molecule has 21 heavy (non-hydrogen) atoms. The molecule has 1 aromatic carbocycles. The lowest BCUT2D eigenvalue weighted by molar-refractivity contribution is 0.591. The van der Waals surface area contributed by atoms with Crippen LogP contribution in [0.3, 0.4) is 0 Å². The lowest BCUT2D eigenvalue weighted by Gasteiger charge is -2.08. The average molecular weight is 307 g/mol. The second kappa shape index (κ2) is 7.26. The molecular formula is C15H21N3O2S. The molecule has 0 aliphatic rings. The summed E-state index contributed by atoms with van der Waals surface area (Å²) in [6.07, 6.45) is 5.30. The minimum absolute atomic E-state index is 0.198. The van der Waals surface area contributed by atoms with Gasteiger partial charge in [0.05, 0.1) is 10.6 Å². The second-order valence-corrected chi connectivity index (χ2v) is 7.00. The first-order valence-corrected chi connectivity index (χ1v) is 8.81. The molecule has 2 aromatic rings. The normalized spacial score (nSPS) is 11.5. The van der Waals surface area contributed by atoms with Gasteiger partial charge in [0.15, 0.2) is 9.84 Å². The highest BCUT2D eigenvalue weighted by Crippen LogP contribution is 2.16. The molecule has 114 valence electrons. The minimum Gasteiger partial charge on any atom is -0.385 e. The second-order valence-electron chi connectivity index (χ2n) is 4.89. The van der Waals surface area contributed by atoms with Gasteiger partial charge in [-0.25, -0.2) is 8.42 Å². The van der Waals surface area contributed by atoms with Gasteiger partial charge in [0.1, 0.15) is 0 Å². The molecule has 0 bridgehead atoms. The third kappa shape index (κ3) is 4.60. The van der Waals surface area contributed by atoms with Crippen molar-refractivity contribution >= 4 is 15.5 Å². The molecule has 5 nitrogen and oxygen atoms in total. The van der Waals surface area contributed by atoms with Gasteiger partial charge in [0.25, 0.3) is 0 Å². The summed E-state index contributed by atoms with van der Waals surface area (Å²) in [4.78, 5) is 0.395. The minimum atomic E-state index is -3.12. The highest BCUT2D eigenvalue weighted by molar-refractivity contribution is 7.91. The van der Waals surface area contributed by atoms with Crippen molar-refractivity contribution in [2.75, 3.05) is 17.6 Å². The zero-order valence-electron chi connectivity index (χ0n) is 12.2. The fourth-order valence-electron chi connectivity index (χ4n) is 2.07. The topological polar surface area (TPSA) is 64.0 Å². The van der Waals surface area contributed by atoms with Crippen LogP contribution in [-0.2, 0) is 16.4 Å². The molecule has 2 rings (SSSR count). The van der Waals surface area contributed by atoms with Crippen molar-refractivity contribution in [3.05, 3.63) is 42.7 Å². The Morgan fingerprint density at radius 2 is 2.00 bits per heavy atom. The van der Waals surface area contributed by atoms with E-state index in [9.17, 15) is 8.42 Å². The van der Waals surface area contributed by atoms with Gasteiger partial charge in [-0.15, -0.1) is 0 Å². The highest BCUT2D eigenvalue weighted by Gasteiger charge is 2.12. The number of aromatic nitrogens is 2. The number of aryl methyl sites for hydroxylation is 1. The third-order valence-corrected chi connectivity index (χ3v) is 5.07. The number of nitrogens with one attached hydrogen (secondary N) is 1. The molecule has 0 aliphatic carbocycles.